The monoisotopic (exact) mass is 469 g/mol. The van der Waals surface area contributed by atoms with Gasteiger partial charge in [0.1, 0.15) is 22.7 Å². The van der Waals surface area contributed by atoms with Gasteiger partial charge in [-0.25, -0.2) is 0 Å². The van der Waals surface area contributed by atoms with E-state index in [1.54, 1.807) is 19.1 Å². The molecule has 2 heterocycles. The Morgan fingerprint density at radius 2 is 1.88 bits per heavy atom. The van der Waals surface area contributed by atoms with Crippen LogP contribution in [0.3, 0.4) is 0 Å². The molecule has 1 aromatic carbocycles. The van der Waals surface area contributed by atoms with Crippen molar-refractivity contribution < 1.29 is 19.1 Å². The molecular weight excluding hydrogens is 430 g/mol. The number of rotatable bonds is 7. The van der Waals surface area contributed by atoms with Gasteiger partial charge in [-0.3, -0.25) is 9.59 Å². The zero-order valence-corrected chi connectivity index (χ0v) is 21.4. The Balaban J connectivity index is 1.78. The van der Waals surface area contributed by atoms with Gasteiger partial charge >= 0.3 is 0 Å². The number of hydrogen-bond acceptors (Lipinski definition) is 4. The third kappa shape index (κ3) is 3.93. The van der Waals surface area contributed by atoms with Crippen LogP contribution in [0.25, 0.3) is 10.9 Å². The average Bonchev–Trinajstić information content (AvgIpc) is 3.20. The number of aromatic nitrogens is 1. The Kier molecular flexibility index (Phi) is 6.83. The van der Waals surface area contributed by atoms with Crippen molar-refractivity contribution in [1.82, 2.24) is 14.8 Å². The number of hydrogen-bond donors (Lipinski definition) is 1. The Morgan fingerprint density at radius 3 is 2.56 bits per heavy atom. The molecule has 1 aromatic heterocycles. The highest BCUT2D eigenvalue weighted by Crippen LogP contribution is 2.40. The first-order chi connectivity index (χ1) is 16.3. The molecule has 0 bridgehead atoms. The molecule has 186 valence electrons. The second-order valence-corrected chi connectivity index (χ2v) is 10.3. The van der Waals surface area contributed by atoms with Crippen LogP contribution < -0.4 is 14.8 Å². The van der Waals surface area contributed by atoms with Crippen molar-refractivity contribution in [3.05, 3.63) is 23.9 Å². The van der Waals surface area contributed by atoms with Crippen LogP contribution in [-0.4, -0.2) is 53.6 Å². The van der Waals surface area contributed by atoms with E-state index in [4.69, 9.17) is 9.47 Å². The molecule has 4 atom stereocenters. The Hall–Kier alpha value is -2.70. The van der Waals surface area contributed by atoms with E-state index < -0.39 is 5.54 Å². The fourth-order valence-electron chi connectivity index (χ4n) is 5.73. The standard InChI is InChI=1S/C27H39N3O4/c1-7-8-14-30-25(31)21-15-19-22(33-5)12-13-23(34-6)24(19)29(21)16-27(30,4)26(32)28-20-11-9-10-17(2)18(20)3/h12-13,15,17-18,20H,7-11,14,16H2,1-6H3,(H,28,32). The molecule has 2 aromatic rings. The molecule has 4 unspecified atom stereocenters. The number of unbranched alkanes of at least 4 members (excludes halogenated alkanes) is 1. The number of benzene rings is 1. The van der Waals surface area contributed by atoms with Gasteiger partial charge in [-0.15, -0.1) is 0 Å². The van der Waals surface area contributed by atoms with Crippen LogP contribution in [0.4, 0.5) is 0 Å². The number of nitrogens with one attached hydrogen (secondary N) is 1. The lowest BCUT2D eigenvalue weighted by molar-refractivity contribution is -0.134. The molecule has 7 nitrogen and oxygen atoms in total. The minimum Gasteiger partial charge on any atom is -0.496 e. The predicted molar refractivity (Wildman–Crippen MR) is 134 cm³/mol. The number of carbonyl (C=O) groups is 2. The van der Waals surface area contributed by atoms with Crippen LogP contribution in [0, 0.1) is 11.8 Å². The third-order valence-electron chi connectivity index (χ3n) is 8.20. The fourth-order valence-corrected chi connectivity index (χ4v) is 5.73. The number of methoxy groups -OCH3 is 2. The van der Waals surface area contributed by atoms with Crippen molar-refractivity contribution in [2.45, 2.75) is 77.9 Å². The maximum atomic E-state index is 13.9. The van der Waals surface area contributed by atoms with E-state index >= 15 is 0 Å². The second kappa shape index (κ2) is 9.51. The van der Waals surface area contributed by atoms with E-state index in [9.17, 15) is 9.59 Å². The van der Waals surface area contributed by atoms with Gasteiger partial charge in [-0.1, -0.05) is 40.0 Å². The van der Waals surface area contributed by atoms with Gasteiger partial charge < -0.3 is 24.3 Å². The first kappa shape index (κ1) is 24.4. The molecule has 4 rings (SSSR count). The zero-order chi connectivity index (χ0) is 24.6. The van der Waals surface area contributed by atoms with E-state index in [-0.39, 0.29) is 17.9 Å². The SMILES string of the molecule is CCCCN1C(=O)c2cc3c(OC)ccc(OC)c3n2CC1(C)C(=O)NC1CCCC(C)C1C. The quantitative estimate of drug-likeness (QED) is 0.643. The molecule has 1 N–H and O–H groups in total. The molecule has 0 radical (unpaired) electrons. The van der Waals surface area contributed by atoms with Crippen molar-refractivity contribution in [2.75, 3.05) is 20.8 Å². The first-order valence-corrected chi connectivity index (χ1v) is 12.6. The van der Waals surface area contributed by atoms with Crippen LogP contribution in [-0.2, 0) is 11.3 Å². The lowest BCUT2D eigenvalue weighted by Gasteiger charge is -2.45. The Morgan fingerprint density at radius 1 is 1.18 bits per heavy atom. The topological polar surface area (TPSA) is 72.8 Å². The summed E-state index contributed by atoms with van der Waals surface area (Å²) in [6.07, 6.45) is 5.10. The largest absolute Gasteiger partial charge is 0.496 e. The minimum absolute atomic E-state index is 0.0720. The Bertz CT molecular complexity index is 1080. The molecule has 1 fully saturated rings. The van der Waals surface area contributed by atoms with E-state index in [1.165, 1.54) is 6.42 Å². The van der Waals surface area contributed by atoms with Gasteiger partial charge in [0, 0.05) is 18.0 Å². The number of carbonyl (C=O) groups excluding carboxylic acids is 2. The summed E-state index contributed by atoms with van der Waals surface area (Å²) in [6.45, 7) is 9.42. The molecule has 7 heteroatoms. The summed E-state index contributed by atoms with van der Waals surface area (Å²) in [6, 6.07) is 5.71. The average molecular weight is 470 g/mol. The van der Waals surface area contributed by atoms with Crippen LogP contribution in [0.1, 0.15) is 70.3 Å². The lowest BCUT2D eigenvalue weighted by Crippen LogP contribution is -2.65. The van der Waals surface area contributed by atoms with Crippen molar-refractivity contribution in [3.8, 4) is 11.5 Å². The maximum Gasteiger partial charge on any atom is 0.271 e. The van der Waals surface area contributed by atoms with Gasteiger partial charge in [0.05, 0.1) is 26.3 Å². The van der Waals surface area contributed by atoms with Gasteiger partial charge in [0.2, 0.25) is 5.91 Å². The van der Waals surface area contributed by atoms with Crippen LogP contribution in [0.2, 0.25) is 0 Å². The summed E-state index contributed by atoms with van der Waals surface area (Å²) in [5, 5.41) is 4.18. The zero-order valence-electron chi connectivity index (χ0n) is 21.4. The fraction of sp³-hybridized carbons (Fsp3) is 0.630. The number of ether oxygens (including phenoxy) is 2. The molecule has 0 spiro atoms. The summed E-state index contributed by atoms with van der Waals surface area (Å²) in [5.74, 6) is 2.14. The van der Waals surface area contributed by atoms with Crippen LogP contribution in [0.5, 0.6) is 11.5 Å². The predicted octanol–water partition coefficient (Wildman–Crippen LogP) is 4.61. The Labute approximate surface area is 202 Å². The first-order valence-electron chi connectivity index (χ1n) is 12.6. The summed E-state index contributed by atoms with van der Waals surface area (Å²) >= 11 is 0. The molecule has 2 amide bonds. The highest BCUT2D eigenvalue weighted by Gasteiger charge is 2.48. The highest BCUT2D eigenvalue weighted by atomic mass is 16.5. The lowest BCUT2D eigenvalue weighted by atomic mass is 9.77. The van der Waals surface area contributed by atoms with Crippen LogP contribution >= 0.6 is 0 Å². The van der Waals surface area contributed by atoms with E-state index in [0.717, 1.165) is 36.6 Å². The normalized spacial score (nSPS) is 26.9. The minimum atomic E-state index is -1.00. The smallest absolute Gasteiger partial charge is 0.271 e. The molecule has 2 aliphatic rings. The van der Waals surface area contributed by atoms with E-state index in [1.807, 2.05) is 29.7 Å². The van der Waals surface area contributed by atoms with Gasteiger partial charge in [-0.2, -0.15) is 0 Å². The summed E-state index contributed by atoms with van der Waals surface area (Å²) in [7, 11) is 3.24. The third-order valence-corrected chi connectivity index (χ3v) is 8.20. The van der Waals surface area contributed by atoms with Crippen LogP contribution in [0.15, 0.2) is 18.2 Å². The number of fused-ring (bicyclic) bond motifs is 3. The van der Waals surface area contributed by atoms with Crippen molar-refractivity contribution >= 4 is 22.7 Å². The molecule has 34 heavy (non-hydrogen) atoms. The number of amides is 2. The summed E-state index contributed by atoms with van der Waals surface area (Å²) < 4.78 is 13.2. The molecule has 0 saturated heterocycles. The molecular formula is C27H39N3O4. The van der Waals surface area contributed by atoms with E-state index in [0.29, 0.717) is 42.1 Å². The van der Waals surface area contributed by atoms with Crippen molar-refractivity contribution in [3.63, 3.8) is 0 Å². The molecule has 1 aliphatic heterocycles. The summed E-state index contributed by atoms with van der Waals surface area (Å²) in [5.41, 5.74) is 0.359. The number of nitrogens with zero attached hydrogens (tertiary/aromatic N) is 2. The second-order valence-electron chi connectivity index (χ2n) is 10.3. The van der Waals surface area contributed by atoms with Crippen molar-refractivity contribution in [2.24, 2.45) is 11.8 Å². The van der Waals surface area contributed by atoms with Gasteiger partial charge in [0.15, 0.2) is 0 Å². The van der Waals surface area contributed by atoms with Crippen molar-refractivity contribution in [1.29, 1.82) is 0 Å². The van der Waals surface area contributed by atoms with E-state index in [2.05, 4.69) is 26.1 Å². The molecule has 1 saturated carbocycles. The maximum absolute atomic E-state index is 13.9. The van der Waals surface area contributed by atoms with Gasteiger partial charge in [-0.05, 0) is 49.8 Å². The molecule has 1 aliphatic carbocycles. The highest BCUT2D eigenvalue weighted by molar-refractivity contribution is 6.05. The van der Waals surface area contributed by atoms with Gasteiger partial charge in [0.25, 0.3) is 5.91 Å². The summed E-state index contributed by atoms with van der Waals surface area (Å²) in [4.78, 5) is 29.6.